The molecule has 2 aliphatic rings. The van der Waals surface area contributed by atoms with Gasteiger partial charge in [0.2, 0.25) is 5.91 Å². The number of hydrogen-bond acceptors (Lipinski definition) is 2. The van der Waals surface area contributed by atoms with Crippen LogP contribution in [0.15, 0.2) is 0 Å². The molecule has 1 aliphatic heterocycles. The van der Waals surface area contributed by atoms with Crippen LogP contribution >= 0.6 is 12.4 Å². The highest BCUT2D eigenvalue weighted by atomic mass is 35.5. The van der Waals surface area contributed by atoms with E-state index < -0.39 is 0 Å². The van der Waals surface area contributed by atoms with Crippen molar-refractivity contribution in [3.63, 3.8) is 0 Å². The van der Waals surface area contributed by atoms with Crippen molar-refractivity contribution in [2.75, 3.05) is 26.7 Å². The highest BCUT2D eigenvalue weighted by molar-refractivity contribution is 5.85. The Balaban J connectivity index is 0.00000128. The summed E-state index contributed by atoms with van der Waals surface area (Å²) in [6, 6.07) is 0. The standard InChI is InChI=1S/C12H22N2O.ClH/c1-14(9-10-4-2-3-5-10)12(15)11-6-7-13-8-11;/h10-11,13H,2-9H2,1H3;1H/t11-;/m0./s1. The summed E-state index contributed by atoms with van der Waals surface area (Å²) in [6.45, 7) is 2.87. The number of hydrogen-bond donors (Lipinski definition) is 1. The van der Waals surface area contributed by atoms with Crippen molar-refractivity contribution in [1.29, 1.82) is 0 Å². The predicted molar refractivity (Wildman–Crippen MR) is 67.8 cm³/mol. The molecule has 0 unspecified atom stereocenters. The average molecular weight is 247 g/mol. The predicted octanol–water partition coefficient (Wildman–Crippen LogP) is 1.67. The van der Waals surface area contributed by atoms with E-state index in [1.54, 1.807) is 0 Å². The zero-order valence-electron chi connectivity index (χ0n) is 10.1. The molecule has 1 N–H and O–H groups in total. The van der Waals surface area contributed by atoms with Crippen molar-refractivity contribution in [2.45, 2.75) is 32.1 Å². The summed E-state index contributed by atoms with van der Waals surface area (Å²) >= 11 is 0. The van der Waals surface area contributed by atoms with Crippen molar-refractivity contribution in [2.24, 2.45) is 11.8 Å². The first-order valence-corrected chi connectivity index (χ1v) is 6.23. The van der Waals surface area contributed by atoms with Crippen LogP contribution in [0.25, 0.3) is 0 Å². The molecule has 3 nitrogen and oxygen atoms in total. The average Bonchev–Trinajstić information content (AvgIpc) is 2.88. The van der Waals surface area contributed by atoms with Gasteiger partial charge < -0.3 is 10.2 Å². The van der Waals surface area contributed by atoms with Gasteiger partial charge in [0.25, 0.3) is 0 Å². The van der Waals surface area contributed by atoms with E-state index in [9.17, 15) is 4.79 Å². The fraction of sp³-hybridized carbons (Fsp3) is 0.917. The molecule has 1 saturated carbocycles. The lowest BCUT2D eigenvalue weighted by molar-refractivity contribution is -0.134. The summed E-state index contributed by atoms with van der Waals surface area (Å²) in [7, 11) is 1.97. The molecule has 1 atom stereocenters. The Kier molecular flexibility index (Phi) is 5.56. The SMILES string of the molecule is CN(CC1CCCC1)C(=O)[C@H]1CCNC1.Cl. The van der Waals surface area contributed by atoms with E-state index in [2.05, 4.69) is 5.32 Å². The molecule has 2 rings (SSSR count). The van der Waals surface area contributed by atoms with Gasteiger partial charge in [-0.3, -0.25) is 4.79 Å². The van der Waals surface area contributed by atoms with Crippen LogP contribution in [0.1, 0.15) is 32.1 Å². The molecular formula is C12H23ClN2O. The molecule has 4 heteroatoms. The topological polar surface area (TPSA) is 32.3 Å². The van der Waals surface area contributed by atoms with E-state index in [1.807, 2.05) is 11.9 Å². The molecule has 16 heavy (non-hydrogen) atoms. The molecule has 0 radical (unpaired) electrons. The minimum absolute atomic E-state index is 0. The van der Waals surface area contributed by atoms with Gasteiger partial charge in [-0.05, 0) is 31.7 Å². The van der Waals surface area contributed by atoms with Gasteiger partial charge >= 0.3 is 0 Å². The quantitative estimate of drug-likeness (QED) is 0.822. The highest BCUT2D eigenvalue weighted by Gasteiger charge is 2.27. The molecule has 0 bridgehead atoms. The van der Waals surface area contributed by atoms with Gasteiger partial charge in [0.15, 0.2) is 0 Å². The van der Waals surface area contributed by atoms with Gasteiger partial charge in [0.05, 0.1) is 5.92 Å². The first-order chi connectivity index (χ1) is 7.27. The fourth-order valence-electron chi connectivity index (χ4n) is 2.85. The zero-order valence-corrected chi connectivity index (χ0v) is 10.9. The number of nitrogens with one attached hydrogen (secondary N) is 1. The Labute approximate surface area is 104 Å². The number of rotatable bonds is 3. The molecule has 0 spiro atoms. The van der Waals surface area contributed by atoms with Crippen LogP contribution in [0, 0.1) is 11.8 Å². The minimum Gasteiger partial charge on any atom is -0.345 e. The minimum atomic E-state index is 0. The maximum Gasteiger partial charge on any atom is 0.226 e. The molecule has 1 aliphatic carbocycles. The van der Waals surface area contributed by atoms with Gasteiger partial charge in [-0.25, -0.2) is 0 Å². The van der Waals surface area contributed by atoms with Crippen LogP contribution in [0.4, 0.5) is 0 Å². The third-order valence-corrected chi connectivity index (χ3v) is 3.79. The monoisotopic (exact) mass is 246 g/mol. The highest BCUT2D eigenvalue weighted by Crippen LogP contribution is 2.25. The summed E-state index contributed by atoms with van der Waals surface area (Å²) in [6.07, 6.45) is 6.38. The summed E-state index contributed by atoms with van der Waals surface area (Å²) in [4.78, 5) is 14.0. The van der Waals surface area contributed by atoms with Crippen LogP contribution < -0.4 is 5.32 Å². The third kappa shape index (κ3) is 3.36. The first kappa shape index (κ1) is 13.8. The molecular weight excluding hydrogens is 224 g/mol. The van der Waals surface area contributed by atoms with Gasteiger partial charge in [0, 0.05) is 20.1 Å². The Morgan fingerprint density at radius 2 is 2.00 bits per heavy atom. The summed E-state index contributed by atoms with van der Waals surface area (Å²) in [5.41, 5.74) is 0. The van der Waals surface area contributed by atoms with E-state index in [0.717, 1.165) is 32.0 Å². The fourth-order valence-corrected chi connectivity index (χ4v) is 2.85. The van der Waals surface area contributed by atoms with E-state index in [0.29, 0.717) is 5.91 Å². The molecule has 0 aromatic carbocycles. The van der Waals surface area contributed by atoms with Crippen molar-refractivity contribution in [3.05, 3.63) is 0 Å². The lowest BCUT2D eigenvalue weighted by Crippen LogP contribution is -2.36. The van der Waals surface area contributed by atoms with Crippen molar-refractivity contribution >= 4 is 18.3 Å². The second-order valence-corrected chi connectivity index (χ2v) is 5.06. The number of carbonyl (C=O) groups excluding carboxylic acids is 1. The maximum absolute atomic E-state index is 12.0. The first-order valence-electron chi connectivity index (χ1n) is 6.23. The van der Waals surface area contributed by atoms with Crippen molar-refractivity contribution < 1.29 is 4.79 Å². The van der Waals surface area contributed by atoms with Crippen LogP contribution in [0.5, 0.6) is 0 Å². The van der Waals surface area contributed by atoms with Gasteiger partial charge in [-0.2, -0.15) is 0 Å². The normalized spacial score (nSPS) is 25.4. The number of halogens is 1. The smallest absolute Gasteiger partial charge is 0.226 e. The van der Waals surface area contributed by atoms with Crippen LogP contribution in [0.3, 0.4) is 0 Å². The molecule has 1 amide bonds. The van der Waals surface area contributed by atoms with E-state index in [-0.39, 0.29) is 18.3 Å². The summed E-state index contributed by atoms with van der Waals surface area (Å²) < 4.78 is 0. The largest absolute Gasteiger partial charge is 0.345 e. The van der Waals surface area contributed by atoms with E-state index >= 15 is 0 Å². The second-order valence-electron chi connectivity index (χ2n) is 5.06. The lowest BCUT2D eigenvalue weighted by Gasteiger charge is -2.23. The number of nitrogens with zero attached hydrogens (tertiary/aromatic N) is 1. The van der Waals surface area contributed by atoms with Gasteiger partial charge in [-0.1, -0.05) is 12.8 Å². The van der Waals surface area contributed by atoms with Crippen molar-refractivity contribution in [3.8, 4) is 0 Å². The third-order valence-electron chi connectivity index (χ3n) is 3.79. The van der Waals surface area contributed by atoms with E-state index in [4.69, 9.17) is 0 Å². The lowest BCUT2D eigenvalue weighted by atomic mass is 10.0. The molecule has 2 fully saturated rings. The Morgan fingerprint density at radius 1 is 1.31 bits per heavy atom. The molecule has 0 aromatic rings. The van der Waals surface area contributed by atoms with Gasteiger partial charge in [-0.15, -0.1) is 12.4 Å². The molecule has 1 heterocycles. The van der Waals surface area contributed by atoms with Crippen LogP contribution in [0.2, 0.25) is 0 Å². The molecule has 1 saturated heterocycles. The number of amides is 1. The Hall–Kier alpha value is -0.280. The number of carbonyl (C=O) groups is 1. The van der Waals surface area contributed by atoms with Crippen molar-refractivity contribution in [1.82, 2.24) is 10.2 Å². The van der Waals surface area contributed by atoms with Crippen LogP contribution in [-0.2, 0) is 4.79 Å². The summed E-state index contributed by atoms with van der Waals surface area (Å²) in [5.74, 6) is 1.37. The Bertz CT molecular complexity index is 223. The van der Waals surface area contributed by atoms with Gasteiger partial charge in [0.1, 0.15) is 0 Å². The molecule has 0 aromatic heterocycles. The van der Waals surface area contributed by atoms with Crippen LogP contribution in [-0.4, -0.2) is 37.5 Å². The second kappa shape index (κ2) is 6.45. The van der Waals surface area contributed by atoms with E-state index in [1.165, 1.54) is 25.7 Å². The Morgan fingerprint density at radius 3 is 2.56 bits per heavy atom. The summed E-state index contributed by atoms with van der Waals surface area (Å²) in [5, 5.41) is 3.25. The molecule has 94 valence electrons. The maximum atomic E-state index is 12.0. The zero-order chi connectivity index (χ0) is 10.7.